The molecule has 0 fully saturated rings. The van der Waals surface area contributed by atoms with E-state index in [-0.39, 0.29) is 18.3 Å². The number of amides is 1. The van der Waals surface area contributed by atoms with Crippen LogP contribution in [0.5, 0.6) is 5.75 Å². The standard InChI is InChI=1S/C21H20FN3O2/c1-15-23-10-11-25(15)20-8-6-17(13-19(20)22)14-24-21(26)9-7-16-4-3-5-18(12-16)27-2/h3-13H,14H2,1-2H3,(H,24,26)/b9-7+. The van der Waals surface area contributed by atoms with Gasteiger partial charge in [0.05, 0.1) is 12.8 Å². The molecule has 0 spiro atoms. The SMILES string of the molecule is COc1cccc(/C=C/C(=O)NCc2ccc(-n3ccnc3C)c(F)c2)c1. The van der Waals surface area contributed by atoms with Gasteiger partial charge in [-0.15, -0.1) is 0 Å². The molecule has 0 radical (unpaired) electrons. The van der Waals surface area contributed by atoms with Gasteiger partial charge in [0.25, 0.3) is 0 Å². The fraction of sp³-hybridized carbons (Fsp3) is 0.143. The lowest BCUT2D eigenvalue weighted by Crippen LogP contribution is -2.20. The minimum absolute atomic E-state index is 0.237. The van der Waals surface area contributed by atoms with Crippen molar-refractivity contribution < 1.29 is 13.9 Å². The van der Waals surface area contributed by atoms with Crippen LogP contribution < -0.4 is 10.1 Å². The van der Waals surface area contributed by atoms with E-state index in [0.29, 0.717) is 17.1 Å². The van der Waals surface area contributed by atoms with Crippen LogP contribution in [-0.4, -0.2) is 22.6 Å². The summed E-state index contributed by atoms with van der Waals surface area (Å²) in [6.45, 7) is 2.05. The third kappa shape index (κ3) is 4.61. The maximum Gasteiger partial charge on any atom is 0.244 e. The number of aryl methyl sites for hydroxylation is 1. The van der Waals surface area contributed by atoms with Crippen LogP contribution in [0.15, 0.2) is 60.9 Å². The number of carbonyl (C=O) groups excluding carboxylic acids is 1. The van der Waals surface area contributed by atoms with Crippen LogP contribution in [0.2, 0.25) is 0 Å². The second-order valence-electron chi connectivity index (χ2n) is 5.96. The van der Waals surface area contributed by atoms with E-state index in [0.717, 1.165) is 11.3 Å². The van der Waals surface area contributed by atoms with Crippen LogP contribution in [0.3, 0.4) is 0 Å². The largest absolute Gasteiger partial charge is 0.497 e. The Kier molecular flexibility index (Phi) is 5.66. The number of nitrogens with zero attached hydrogens (tertiary/aromatic N) is 2. The molecule has 1 aromatic heterocycles. The zero-order valence-electron chi connectivity index (χ0n) is 15.1. The maximum absolute atomic E-state index is 14.4. The van der Waals surface area contributed by atoms with Gasteiger partial charge in [0, 0.05) is 25.0 Å². The van der Waals surface area contributed by atoms with E-state index >= 15 is 0 Å². The first kappa shape index (κ1) is 18.4. The average molecular weight is 365 g/mol. The van der Waals surface area contributed by atoms with Gasteiger partial charge < -0.3 is 14.6 Å². The van der Waals surface area contributed by atoms with E-state index < -0.39 is 0 Å². The molecule has 0 saturated heterocycles. The second kappa shape index (κ2) is 8.31. The third-order valence-electron chi connectivity index (χ3n) is 4.09. The summed E-state index contributed by atoms with van der Waals surface area (Å²) < 4.78 is 21.2. The molecule has 2 aromatic carbocycles. The normalized spacial score (nSPS) is 10.9. The predicted molar refractivity (Wildman–Crippen MR) is 102 cm³/mol. The number of aromatic nitrogens is 2. The number of imidazole rings is 1. The van der Waals surface area contributed by atoms with Gasteiger partial charge in [0.1, 0.15) is 17.4 Å². The Morgan fingerprint density at radius 3 is 2.85 bits per heavy atom. The highest BCUT2D eigenvalue weighted by Gasteiger charge is 2.08. The number of hydrogen-bond donors (Lipinski definition) is 1. The van der Waals surface area contributed by atoms with Crippen LogP contribution in [-0.2, 0) is 11.3 Å². The zero-order valence-corrected chi connectivity index (χ0v) is 15.1. The molecule has 1 amide bonds. The summed E-state index contributed by atoms with van der Waals surface area (Å²) >= 11 is 0. The predicted octanol–water partition coefficient (Wildman–Crippen LogP) is 3.66. The number of hydrogen-bond acceptors (Lipinski definition) is 3. The minimum Gasteiger partial charge on any atom is -0.497 e. The molecule has 3 aromatic rings. The van der Waals surface area contributed by atoms with Gasteiger partial charge in [-0.2, -0.15) is 0 Å². The van der Waals surface area contributed by atoms with Crippen molar-refractivity contribution in [3.05, 3.63) is 83.7 Å². The molecule has 5 nitrogen and oxygen atoms in total. The van der Waals surface area contributed by atoms with Gasteiger partial charge in [-0.3, -0.25) is 4.79 Å². The van der Waals surface area contributed by atoms with E-state index in [2.05, 4.69) is 10.3 Å². The van der Waals surface area contributed by atoms with Crippen molar-refractivity contribution in [1.82, 2.24) is 14.9 Å². The van der Waals surface area contributed by atoms with Gasteiger partial charge in [-0.25, -0.2) is 9.37 Å². The number of ether oxygens (including phenoxy) is 1. The molecule has 0 saturated carbocycles. The van der Waals surface area contributed by atoms with E-state index in [4.69, 9.17) is 4.74 Å². The average Bonchev–Trinajstić information content (AvgIpc) is 3.10. The first-order chi connectivity index (χ1) is 13.1. The van der Waals surface area contributed by atoms with E-state index in [1.807, 2.05) is 31.2 Å². The monoisotopic (exact) mass is 365 g/mol. The van der Waals surface area contributed by atoms with Crippen LogP contribution >= 0.6 is 0 Å². The summed E-state index contributed by atoms with van der Waals surface area (Å²) in [6.07, 6.45) is 6.47. The fourth-order valence-electron chi connectivity index (χ4n) is 2.65. The molecule has 0 aliphatic carbocycles. The molecule has 0 atom stereocenters. The highest BCUT2D eigenvalue weighted by molar-refractivity contribution is 5.91. The number of rotatable bonds is 6. The van der Waals surface area contributed by atoms with E-state index in [9.17, 15) is 9.18 Å². The number of carbonyl (C=O) groups is 1. The lowest BCUT2D eigenvalue weighted by atomic mass is 10.2. The molecule has 0 bridgehead atoms. The Morgan fingerprint density at radius 1 is 1.30 bits per heavy atom. The van der Waals surface area contributed by atoms with Crippen LogP contribution in [0.1, 0.15) is 17.0 Å². The third-order valence-corrected chi connectivity index (χ3v) is 4.09. The number of benzene rings is 2. The molecule has 1 heterocycles. The van der Waals surface area contributed by atoms with Crippen molar-refractivity contribution in [2.45, 2.75) is 13.5 Å². The molecule has 0 unspecified atom stereocenters. The Balaban J connectivity index is 1.61. The summed E-state index contributed by atoms with van der Waals surface area (Å²) in [6, 6.07) is 12.3. The van der Waals surface area contributed by atoms with Crippen molar-refractivity contribution in [2.24, 2.45) is 0 Å². The van der Waals surface area contributed by atoms with Crippen LogP contribution in [0.25, 0.3) is 11.8 Å². The Morgan fingerprint density at radius 2 is 2.15 bits per heavy atom. The highest BCUT2D eigenvalue weighted by atomic mass is 19.1. The minimum atomic E-state index is -0.366. The van der Waals surface area contributed by atoms with Gasteiger partial charge in [-0.1, -0.05) is 18.2 Å². The molecule has 138 valence electrons. The van der Waals surface area contributed by atoms with Gasteiger partial charge >= 0.3 is 0 Å². The first-order valence-corrected chi connectivity index (χ1v) is 8.45. The summed E-state index contributed by atoms with van der Waals surface area (Å²) in [4.78, 5) is 16.1. The van der Waals surface area contributed by atoms with Crippen molar-refractivity contribution >= 4 is 12.0 Å². The number of methoxy groups -OCH3 is 1. The fourth-order valence-corrected chi connectivity index (χ4v) is 2.65. The Bertz CT molecular complexity index is 979. The Hall–Kier alpha value is -3.41. The zero-order chi connectivity index (χ0) is 19.2. The molecule has 0 aliphatic heterocycles. The summed E-state index contributed by atoms with van der Waals surface area (Å²) in [5.41, 5.74) is 1.96. The van der Waals surface area contributed by atoms with Crippen molar-refractivity contribution in [3.8, 4) is 11.4 Å². The smallest absolute Gasteiger partial charge is 0.244 e. The molecule has 1 N–H and O–H groups in total. The summed E-state index contributed by atoms with van der Waals surface area (Å²) in [5.74, 6) is 0.807. The topological polar surface area (TPSA) is 56.1 Å². The van der Waals surface area contributed by atoms with Gasteiger partial charge in [0.15, 0.2) is 0 Å². The maximum atomic E-state index is 14.4. The lowest BCUT2D eigenvalue weighted by molar-refractivity contribution is -0.116. The summed E-state index contributed by atoms with van der Waals surface area (Å²) in [7, 11) is 1.59. The van der Waals surface area contributed by atoms with E-state index in [1.165, 1.54) is 12.1 Å². The van der Waals surface area contributed by atoms with Crippen LogP contribution in [0.4, 0.5) is 4.39 Å². The van der Waals surface area contributed by atoms with Gasteiger partial charge in [0.2, 0.25) is 5.91 Å². The molecule has 6 heteroatoms. The molecular formula is C21H20FN3O2. The number of nitrogens with one attached hydrogen (secondary N) is 1. The van der Waals surface area contributed by atoms with Crippen LogP contribution in [0, 0.1) is 12.7 Å². The second-order valence-corrected chi connectivity index (χ2v) is 5.96. The van der Waals surface area contributed by atoms with E-state index in [1.54, 1.807) is 42.3 Å². The molecular weight excluding hydrogens is 345 g/mol. The first-order valence-electron chi connectivity index (χ1n) is 8.45. The molecule has 0 aliphatic rings. The number of halogens is 1. The van der Waals surface area contributed by atoms with Crippen molar-refractivity contribution in [3.63, 3.8) is 0 Å². The Labute approximate surface area is 157 Å². The highest BCUT2D eigenvalue weighted by Crippen LogP contribution is 2.17. The van der Waals surface area contributed by atoms with Gasteiger partial charge in [-0.05, 0) is 48.4 Å². The molecule has 27 heavy (non-hydrogen) atoms. The van der Waals surface area contributed by atoms with Crippen molar-refractivity contribution in [1.29, 1.82) is 0 Å². The summed E-state index contributed by atoms with van der Waals surface area (Å²) in [5, 5.41) is 2.75. The lowest BCUT2D eigenvalue weighted by Gasteiger charge is -2.09. The molecule has 3 rings (SSSR count). The quantitative estimate of drug-likeness (QED) is 0.679. The van der Waals surface area contributed by atoms with Crippen molar-refractivity contribution in [2.75, 3.05) is 7.11 Å².